The molecule has 384 valence electrons. The van der Waals surface area contributed by atoms with Gasteiger partial charge in [0.2, 0.25) is 0 Å². The SMILES string of the molecule is CS(=O)c1ccccc1C[S+](C)C.FC(F)(F)c1cc([B-](c2cc(C(F)(F)F)cc(C(F)(F)F)c2)(c2cc(C(F)(F)F)cc(C(F)(F)F)c2)c2cc(C(F)(F)F)cc(C(F)(F)F)c2)cc(C(F)(F)F)c1. The van der Waals surface area contributed by atoms with E-state index in [9.17, 15) is 110 Å². The minimum atomic E-state index is -6.13. The van der Waals surface area contributed by atoms with Gasteiger partial charge in [-0.2, -0.15) is 127 Å². The fourth-order valence-electron chi connectivity index (χ4n) is 7.29. The maximum atomic E-state index is 14.2. The highest BCUT2D eigenvalue weighted by molar-refractivity contribution is 7.94. The van der Waals surface area contributed by atoms with Crippen molar-refractivity contribution in [3.8, 4) is 0 Å². The van der Waals surface area contributed by atoms with Gasteiger partial charge in [-0.25, -0.2) is 0 Å². The summed E-state index contributed by atoms with van der Waals surface area (Å²) in [6.45, 7) is 0. The average Bonchev–Trinajstić information content (AvgIpc) is 3.18. The number of alkyl halides is 24. The van der Waals surface area contributed by atoms with E-state index >= 15 is 0 Å². The highest BCUT2D eigenvalue weighted by Crippen LogP contribution is 2.41. The van der Waals surface area contributed by atoms with Gasteiger partial charge in [-0.1, -0.05) is 66.7 Å². The Morgan fingerprint density at radius 2 is 0.571 bits per heavy atom. The predicted molar refractivity (Wildman–Crippen MR) is 212 cm³/mol. The summed E-state index contributed by atoms with van der Waals surface area (Å²) in [6, 6.07) is -0.820. The third-order valence-corrected chi connectivity index (χ3v) is 12.1. The van der Waals surface area contributed by atoms with Crippen molar-refractivity contribution < 1.29 is 110 Å². The Morgan fingerprint density at radius 1 is 0.371 bits per heavy atom. The molecule has 0 fully saturated rings. The van der Waals surface area contributed by atoms with Crippen LogP contribution in [0.5, 0.6) is 0 Å². The first kappa shape index (κ1) is 57.6. The van der Waals surface area contributed by atoms with Crippen molar-refractivity contribution >= 4 is 49.7 Å². The summed E-state index contributed by atoms with van der Waals surface area (Å²) < 4.78 is 352. The molecule has 1 nitrogen and oxygen atoms in total. The maximum Gasteiger partial charge on any atom is 0.416 e. The van der Waals surface area contributed by atoms with Crippen LogP contribution in [0.3, 0.4) is 0 Å². The van der Waals surface area contributed by atoms with E-state index in [0.29, 0.717) is 10.9 Å². The van der Waals surface area contributed by atoms with E-state index in [0.717, 1.165) is 10.6 Å². The average molecular weight is 1080 g/mol. The minimum Gasteiger partial charge on any atom is -0.255 e. The molecule has 0 N–H and O–H groups in total. The van der Waals surface area contributed by atoms with Crippen molar-refractivity contribution in [2.24, 2.45) is 0 Å². The van der Waals surface area contributed by atoms with E-state index in [2.05, 4.69) is 18.6 Å². The molecule has 0 aliphatic rings. The van der Waals surface area contributed by atoms with E-state index in [-0.39, 0.29) is 0 Å². The number of hydrogen-bond acceptors (Lipinski definition) is 1. The second-order valence-electron chi connectivity index (χ2n) is 15.4. The Morgan fingerprint density at radius 3 is 0.743 bits per heavy atom. The van der Waals surface area contributed by atoms with Crippen molar-refractivity contribution in [3.05, 3.63) is 147 Å². The number of benzene rings is 5. The number of hydrogen-bond donors (Lipinski definition) is 0. The van der Waals surface area contributed by atoms with Gasteiger partial charge in [-0.15, -0.1) is 0 Å². The molecule has 70 heavy (non-hydrogen) atoms. The highest BCUT2D eigenvalue weighted by Gasteiger charge is 2.47. The van der Waals surface area contributed by atoms with Crippen LogP contribution >= 0.6 is 0 Å². The minimum absolute atomic E-state index is 0.372. The molecule has 1 unspecified atom stereocenters. The van der Waals surface area contributed by atoms with Crippen LogP contribution < -0.4 is 21.9 Å². The fourth-order valence-corrected chi connectivity index (χ4v) is 9.03. The number of halogens is 24. The lowest BCUT2D eigenvalue weighted by molar-refractivity contribution is -0.144. The van der Waals surface area contributed by atoms with E-state index in [1.165, 1.54) is 5.56 Å². The zero-order valence-corrected chi connectivity index (χ0v) is 36.5. The van der Waals surface area contributed by atoms with E-state index in [4.69, 9.17) is 0 Å². The molecular weight excluding hydrogens is 1050 g/mol. The predicted octanol–water partition coefficient (Wildman–Crippen LogP) is 13.0. The topological polar surface area (TPSA) is 17.1 Å². The summed E-state index contributed by atoms with van der Waals surface area (Å²) in [4.78, 5) is 0.990. The molecule has 0 saturated carbocycles. The van der Waals surface area contributed by atoms with Crippen LogP contribution in [0.25, 0.3) is 0 Å². The van der Waals surface area contributed by atoms with Gasteiger partial charge < -0.3 is 0 Å². The lowest BCUT2D eigenvalue weighted by Crippen LogP contribution is -2.75. The molecule has 0 saturated heterocycles. The van der Waals surface area contributed by atoms with Crippen LogP contribution in [0.15, 0.2) is 102 Å². The smallest absolute Gasteiger partial charge is 0.255 e. The van der Waals surface area contributed by atoms with Crippen molar-refractivity contribution in [3.63, 3.8) is 0 Å². The molecule has 0 aliphatic heterocycles. The van der Waals surface area contributed by atoms with Crippen molar-refractivity contribution in [2.45, 2.75) is 60.1 Å². The van der Waals surface area contributed by atoms with Gasteiger partial charge in [-0.05, 0) is 41.2 Å². The van der Waals surface area contributed by atoms with Gasteiger partial charge in [0.15, 0.2) is 0 Å². The third-order valence-electron chi connectivity index (χ3n) is 10.2. The van der Waals surface area contributed by atoms with Crippen molar-refractivity contribution in [2.75, 3.05) is 18.8 Å². The van der Waals surface area contributed by atoms with Gasteiger partial charge in [-0.3, -0.25) is 4.21 Å². The van der Waals surface area contributed by atoms with Gasteiger partial charge in [0, 0.05) is 16.7 Å². The second kappa shape index (κ2) is 19.5. The summed E-state index contributed by atoms with van der Waals surface area (Å²) in [6.07, 6.45) is -48.7. The van der Waals surface area contributed by atoms with Gasteiger partial charge in [0.1, 0.15) is 11.9 Å². The van der Waals surface area contributed by atoms with Crippen LogP contribution in [-0.4, -0.2) is 29.1 Å². The van der Waals surface area contributed by atoms with Crippen molar-refractivity contribution in [1.29, 1.82) is 0 Å². The fraction of sp³-hybridized carbons (Fsp3) is 0.286. The molecule has 28 heteroatoms. The monoisotopic (exact) mass is 1080 g/mol. The first-order chi connectivity index (χ1) is 31.4. The molecule has 0 radical (unpaired) electrons. The quantitative estimate of drug-likeness (QED) is 0.0902. The largest absolute Gasteiger partial charge is 0.416 e. The molecule has 5 aromatic carbocycles. The van der Waals surface area contributed by atoms with Gasteiger partial charge in [0.25, 0.3) is 0 Å². The molecule has 5 aromatic rings. The molecule has 1 atom stereocenters. The molecular formula is C42H27BF24OS2. The summed E-state index contributed by atoms with van der Waals surface area (Å²) in [5.74, 6) is 1.04. The van der Waals surface area contributed by atoms with E-state index in [1.807, 2.05) is 18.2 Å². The first-order valence-electron chi connectivity index (χ1n) is 18.7. The molecule has 0 heterocycles. The Hall–Kier alpha value is -5.02. The molecule has 5 rings (SSSR count). The van der Waals surface area contributed by atoms with Crippen LogP contribution in [0, 0.1) is 0 Å². The standard InChI is InChI=1S/C32H12BF24.C10H15OS2/c34-25(35,36)13-1-14(26(37,38)39)6-21(5-13)33(22-7-15(27(40,41)42)2-16(8-22)28(43,44)45,23-9-17(29(46,47)48)3-18(10-23)30(49,50)51)24-11-19(31(52,53)54)4-20(12-24)32(55,56)57;1-12(2)8-9-6-4-5-7-10(9)13(3)11/h1-12H;4-7H,8H2,1-3H3/q-1;+1. The Kier molecular flexibility index (Phi) is 16.1. The summed E-state index contributed by atoms with van der Waals surface area (Å²) in [5.41, 5.74) is -29.0. The van der Waals surface area contributed by atoms with E-state index < -0.39 is 206 Å². The molecule has 0 aliphatic carbocycles. The van der Waals surface area contributed by atoms with Crippen LogP contribution in [0.2, 0.25) is 0 Å². The molecule has 0 bridgehead atoms. The highest BCUT2D eigenvalue weighted by atomic mass is 32.2. The van der Waals surface area contributed by atoms with E-state index in [1.54, 1.807) is 6.26 Å². The van der Waals surface area contributed by atoms with Gasteiger partial charge in [0.05, 0.1) is 67.8 Å². The Bertz CT molecular complexity index is 2260. The Balaban J connectivity index is 0.000000707. The Labute approximate surface area is 384 Å². The van der Waals surface area contributed by atoms with Crippen LogP contribution in [-0.2, 0) is 76.9 Å². The van der Waals surface area contributed by atoms with Gasteiger partial charge >= 0.3 is 49.4 Å². The summed E-state index contributed by atoms with van der Waals surface area (Å²) >= 11 is 0. The normalized spacial score (nSPS) is 14.1. The number of rotatable bonds is 7. The van der Waals surface area contributed by atoms with Crippen molar-refractivity contribution in [1.82, 2.24) is 0 Å². The zero-order valence-electron chi connectivity index (χ0n) is 34.8. The second-order valence-corrected chi connectivity index (χ2v) is 19.0. The summed E-state index contributed by atoms with van der Waals surface area (Å²) in [5, 5.41) is 0. The van der Waals surface area contributed by atoms with Crippen LogP contribution in [0.4, 0.5) is 105 Å². The lowest BCUT2D eigenvalue weighted by atomic mass is 9.12. The lowest BCUT2D eigenvalue weighted by Gasteiger charge is -2.46. The maximum absolute atomic E-state index is 14.2. The third kappa shape index (κ3) is 13.5. The summed E-state index contributed by atoms with van der Waals surface area (Å²) in [7, 11) is -0.480. The first-order valence-corrected chi connectivity index (χ1v) is 22.5. The molecule has 0 aromatic heterocycles. The van der Waals surface area contributed by atoms with Crippen LogP contribution in [0.1, 0.15) is 50.1 Å². The molecule has 0 amide bonds. The molecule has 0 spiro atoms. The zero-order chi connectivity index (χ0) is 53.8.